The molecule has 5 aromatic carbocycles. The minimum Gasteiger partial charge on any atom is -0.223 e. The summed E-state index contributed by atoms with van der Waals surface area (Å²) in [6.45, 7) is -2.87. The van der Waals surface area contributed by atoms with Gasteiger partial charge in [0, 0.05) is 10.5 Å². The van der Waals surface area contributed by atoms with Gasteiger partial charge in [-0.15, -0.1) is 11.8 Å². The molecule has 0 amide bonds. The first-order valence-electron chi connectivity index (χ1n) is 12.4. The molecule has 0 spiro atoms. The summed E-state index contributed by atoms with van der Waals surface area (Å²) in [4.78, 5) is 0.950. The van der Waals surface area contributed by atoms with E-state index in [4.69, 9.17) is 0 Å². The lowest BCUT2D eigenvalue weighted by Crippen LogP contribution is -2.35. The van der Waals surface area contributed by atoms with Crippen LogP contribution in [0.2, 0.25) is 0 Å². The Labute approximate surface area is 230 Å². The van der Waals surface area contributed by atoms with Crippen LogP contribution in [-0.2, 0) is 15.6 Å². The summed E-state index contributed by atoms with van der Waals surface area (Å²) in [5.74, 6) is -0.0693. The van der Waals surface area contributed by atoms with Crippen LogP contribution in [0.15, 0.2) is 150 Å². The molecule has 0 radical (unpaired) electrons. The topological polar surface area (TPSA) is 34.1 Å². The van der Waals surface area contributed by atoms with E-state index in [1.807, 2.05) is 115 Å². The van der Waals surface area contributed by atoms with Gasteiger partial charge >= 0.3 is 0 Å². The van der Waals surface area contributed by atoms with E-state index >= 15 is 0 Å². The molecule has 38 heavy (non-hydrogen) atoms. The first-order valence-corrected chi connectivity index (χ1v) is 17.1. The number of hydrogen-bond acceptors (Lipinski definition) is 3. The Morgan fingerprint density at radius 2 is 0.974 bits per heavy atom. The van der Waals surface area contributed by atoms with Gasteiger partial charge in [0.25, 0.3) is 0 Å². The molecule has 0 bridgehead atoms. The van der Waals surface area contributed by atoms with Gasteiger partial charge in [0.2, 0.25) is 0 Å². The lowest BCUT2D eigenvalue weighted by atomic mass is 10.2. The molecule has 0 saturated carbocycles. The Morgan fingerprint density at radius 1 is 0.579 bits per heavy atom. The van der Waals surface area contributed by atoms with Gasteiger partial charge in [0.1, 0.15) is 0 Å². The molecule has 0 aromatic heterocycles. The SMILES string of the molecule is CSc1ccccc1C(=P(c1ccccc1)(c1ccccc1)c1ccccc1)S(=O)(=O)Cc1ccccc1. The molecule has 0 aliphatic rings. The summed E-state index contributed by atoms with van der Waals surface area (Å²) in [5.41, 5.74) is 1.56. The Bertz CT molecular complexity index is 1560. The summed E-state index contributed by atoms with van der Waals surface area (Å²) in [5, 5.41) is 3.04. The van der Waals surface area contributed by atoms with E-state index in [0.29, 0.717) is 4.63 Å². The van der Waals surface area contributed by atoms with Crippen LogP contribution in [-0.4, -0.2) is 19.3 Å². The van der Waals surface area contributed by atoms with Gasteiger partial charge in [-0.1, -0.05) is 140 Å². The highest BCUT2D eigenvalue weighted by Gasteiger charge is 2.37. The predicted octanol–water partition coefficient (Wildman–Crippen LogP) is 6.50. The molecule has 5 rings (SSSR count). The maximum absolute atomic E-state index is 14.9. The minimum atomic E-state index is -3.81. The molecule has 0 fully saturated rings. The lowest BCUT2D eigenvalue weighted by molar-refractivity contribution is 0.607. The molecule has 2 nitrogen and oxygen atoms in total. The third kappa shape index (κ3) is 5.05. The van der Waals surface area contributed by atoms with Crippen LogP contribution in [0.4, 0.5) is 0 Å². The highest BCUT2D eigenvalue weighted by molar-refractivity contribution is 8.20. The van der Waals surface area contributed by atoms with Crippen molar-refractivity contribution in [3.8, 4) is 0 Å². The fourth-order valence-corrected chi connectivity index (χ4v) is 13.8. The highest BCUT2D eigenvalue weighted by Crippen LogP contribution is 2.50. The van der Waals surface area contributed by atoms with Crippen molar-refractivity contribution in [2.75, 3.05) is 6.26 Å². The second-order valence-electron chi connectivity index (χ2n) is 8.93. The van der Waals surface area contributed by atoms with Crippen molar-refractivity contribution in [1.29, 1.82) is 0 Å². The van der Waals surface area contributed by atoms with Crippen molar-refractivity contribution in [2.45, 2.75) is 10.6 Å². The van der Waals surface area contributed by atoms with Crippen LogP contribution in [0, 0.1) is 0 Å². The smallest absolute Gasteiger partial charge is 0.184 e. The fraction of sp³-hybridized carbons (Fsp3) is 0.0606. The van der Waals surface area contributed by atoms with Crippen molar-refractivity contribution in [1.82, 2.24) is 0 Å². The van der Waals surface area contributed by atoms with Gasteiger partial charge in [-0.2, -0.15) is 0 Å². The molecule has 0 aliphatic heterocycles. The van der Waals surface area contributed by atoms with Gasteiger partial charge < -0.3 is 0 Å². The van der Waals surface area contributed by atoms with Gasteiger partial charge in [-0.05, 0) is 40.7 Å². The van der Waals surface area contributed by atoms with Crippen LogP contribution in [0.5, 0.6) is 0 Å². The number of hydrogen-bond donors (Lipinski definition) is 0. The highest BCUT2D eigenvalue weighted by atomic mass is 32.2. The van der Waals surface area contributed by atoms with Crippen molar-refractivity contribution in [2.24, 2.45) is 0 Å². The second-order valence-corrected chi connectivity index (χ2v) is 15.3. The third-order valence-corrected chi connectivity index (χ3v) is 14.6. The quantitative estimate of drug-likeness (QED) is 0.163. The Hall–Kier alpha value is -3.30. The lowest BCUT2D eigenvalue weighted by Gasteiger charge is -2.33. The summed E-state index contributed by atoms with van der Waals surface area (Å²) in [6.07, 6.45) is 2.01. The van der Waals surface area contributed by atoms with E-state index < -0.39 is 16.7 Å². The van der Waals surface area contributed by atoms with Gasteiger partial charge in [0.05, 0.1) is 10.4 Å². The molecule has 0 heterocycles. The van der Waals surface area contributed by atoms with Crippen molar-refractivity contribution >= 4 is 49.0 Å². The molecule has 0 N–H and O–H groups in total. The standard InChI is InChI=1S/C33H29O2PS2/c1-37-32-25-15-14-24-31(32)33(38(34,35)26-27-16-6-2-7-17-27)36(28-18-8-3-9-19-28,29-20-10-4-11-21-29)30-22-12-5-13-23-30/h2-25H,26H2,1H3. The molecule has 5 aromatic rings. The monoisotopic (exact) mass is 552 g/mol. The number of sulfone groups is 1. The fourth-order valence-electron chi connectivity index (χ4n) is 4.99. The molecular formula is C33H29O2PS2. The van der Waals surface area contributed by atoms with Crippen molar-refractivity contribution < 1.29 is 8.42 Å². The van der Waals surface area contributed by atoms with Crippen LogP contribution in [0.25, 0.3) is 0 Å². The van der Waals surface area contributed by atoms with E-state index in [1.54, 1.807) is 11.8 Å². The molecule has 5 heteroatoms. The first kappa shape index (κ1) is 26.3. The summed E-state index contributed by atoms with van der Waals surface area (Å²) in [6, 6.07) is 48.0. The maximum atomic E-state index is 14.9. The normalized spacial score (nSPS) is 11.7. The van der Waals surface area contributed by atoms with E-state index in [-0.39, 0.29) is 5.75 Å². The molecule has 0 aliphatic carbocycles. The summed E-state index contributed by atoms with van der Waals surface area (Å²) >= 11 is 1.58. The second kappa shape index (κ2) is 11.6. The van der Waals surface area contributed by atoms with Crippen LogP contribution in [0.1, 0.15) is 11.1 Å². The third-order valence-electron chi connectivity index (χ3n) is 6.57. The van der Waals surface area contributed by atoms with Crippen LogP contribution >= 0.6 is 18.6 Å². The average molecular weight is 553 g/mol. The number of thioether (sulfide) groups is 1. The van der Waals surface area contributed by atoms with Gasteiger partial charge in [-0.25, -0.2) is 8.42 Å². The summed E-state index contributed by atoms with van der Waals surface area (Å²) < 4.78 is 30.3. The largest absolute Gasteiger partial charge is 0.223 e. The molecular weight excluding hydrogens is 523 g/mol. The van der Waals surface area contributed by atoms with Gasteiger partial charge in [-0.3, -0.25) is 0 Å². The van der Waals surface area contributed by atoms with Crippen LogP contribution in [0.3, 0.4) is 0 Å². The van der Waals surface area contributed by atoms with Crippen molar-refractivity contribution in [3.63, 3.8) is 0 Å². The zero-order valence-electron chi connectivity index (χ0n) is 21.1. The Kier molecular flexibility index (Phi) is 8.04. The maximum Gasteiger partial charge on any atom is 0.184 e. The Morgan fingerprint density at radius 3 is 1.42 bits per heavy atom. The van der Waals surface area contributed by atoms with E-state index in [0.717, 1.165) is 31.9 Å². The van der Waals surface area contributed by atoms with Crippen molar-refractivity contribution in [3.05, 3.63) is 157 Å². The predicted molar refractivity (Wildman–Crippen MR) is 167 cm³/mol. The van der Waals surface area contributed by atoms with Gasteiger partial charge in [0.15, 0.2) is 9.84 Å². The first-order chi connectivity index (χ1) is 18.6. The van der Waals surface area contributed by atoms with Crippen LogP contribution < -0.4 is 15.9 Å². The average Bonchev–Trinajstić information content (AvgIpc) is 2.97. The summed E-state index contributed by atoms with van der Waals surface area (Å²) in [7, 11) is -3.81. The number of benzene rings is 5. The van der Waals surface area contributed by atoms with E-state index in [1.165, 1.54) is 0 Å². The minimum absolute atomic E-state index is 0.0693. The molecule has 0 unspecified atom stereocenters. The molecule has 0 atom stereocenters. The molecule has 0 saturated heterocycles. The molecule has 190 valence electrons. The van der Waals surface area contributed by atoms with E-state index in [2.05, 4.69) is 36.4 Å². The van der Waals surface area contributed by atoms with E-state index in [9.17, 15) is 8.42 Å². The zero-order valence-corrected chi connectivity index (χ0v) is 23.7. The number of rotatable bonds is 8. The zero-order chi connectivity index (χ0) is 26.4. The Balaban J connectivity index is 2.07.